The predicted octanol–water partition coefficient (Wildman–Crippen LogP) is 2.42. The molecule has 1 saturated heterocycles. The highest BCUT2D eigenvalue weighted by molar-refractivity contribution is 8.01. The molecular weight excluding hydrogens is 434 g/mol. The second kappa shape index (κ2) is 9.74. The first-order valence-corrected chi connectivity index (χ1v) is 12.3. The van der Waals surface area contributed by atoms with Gasteiger partial charge in [-0.1, -0.05) is 35.9 Å². The zero-order valence-corrected chi connectivity index (χ0v) is 18.4. The van der Waals surface area contributed by atoms with Gasteiger partial charge in [0, 0.05) is 13.1 Å². The third-order valence-corrected chi connectivity index (χ3v) is 8.18. The third kappa shape index (κ3) is 5.59. The van der Waals surface area contributed by atoms with Crippen molar-refractivity contribution >= 4 is 49.8 Å². The number of ether oxygens (including phenoxy) is 1. The van der Waals surface area contributed by atoms with E-state index in [-0.39, 0.29) is 16.6 Å². The van der Waals surface area contributed by atoms with Gasteiger partial charge in [0.2, 0.25) is 21.1 Å². The summed E-state index contributed by atoms with van der Waals surface area (Å²) in [6, 6.07) is 4.51. The minimum Gasteiger partial charge on any atom is -0.495 e. The normalized spacial score (nSPS) is 15.6. The molecule has 0 saturated carbocycles. The first kappa shape index (κ1) is 21.8. The lowest BCUT2D eigenvalue weighted by molar-refractivity contribution is -0.113. The second-order valence-electron chi connectivity index (χ2n) is 6.42. The molecule has 3 N–H and O–H groups in total. The van der Waals surface area contributed by atoms with Crippen molar-refractivity contribution in [3.8, 4) is 5.75 Å². The maximum Gasteiger partial charge on any atom is 0.243 e. The van der Waals surface area contributed by atoms with Crippen LogP contribution < -0.4 is 15.8 Å². The van der Waals surface area contributed by atoms with E-state index in [1.807, 2.05) is 0 Å². The molecule has 158 valence electrons. The Morgan fingerprint density at radius 2 is 2.00 bits per heavy atom. The summed E-state index contributed by atoms with van der Waals surface area (Å²) in [5, 5.41) is 10.6. The Hall–Kier alpha value is -1.89. The summed E-state index contributed by atoms with van der Waals surface area (Å²) in [7, 11) is -2.17. The fourth-order valence-corrected chi connectivity index (χ4v) is 5.95. The number of aromatic nitrogens is 2. The fourth-order valence-electron chi connectivity index (χ4n) is 2.97. The van der Waals surface area contributed by atoms with Gasteiger partial charge in [0.1, 0.15) is 5.75 Å². The van der Waals surface area contributed by atoms with Crippen LogP contribution in [0.3, 0.4) is 0 Å². The average Bonchev–Trinajstić information content (AvgIpc) is 2.94. The lowest BCUT2D eigenvalue weighted by Crippen LogP contribution is -2.32. The number of sulfonamides is 1. The Labute approximate surface area is 178 Å². The predicted molar refractivity (Wildman–Crippen MR) is 114 cm³/mol. The number of hydrogen-bond acceptors (Lipinski definition) is 9. The largest absolute Gasteiger partial charge is 0.495 e. The van der Waals surface area contributed by atoms with E-state index < -0.39 is 10.0 Å². The molecule has 1 fully saturated rings. The molecule has 1 aliphatic rings. The SMILES string of the molecule is COc1ccc(S(=O)(=O)N2CCCCCC2)cc1NC(=O)CSc1nnc(N)s1. The molecule has 29 heavy (non-hydrogen) atoms. The lowest BCUT2D eigenvalue weighted by atomic mass is 10.2. The number of benzene rings is 1. The van der Waals surface area contributed by atoms with Gasteiger partial charge in [-0.15, -0.1) is 10.2 Å². The molecule has 1 amide bonds. The maximum atomic E-state index is 13.0. The Morgan fingerprint density at radius 1 is 1.28 bits per heavy atom. The summed E-state index contributed by atoms with van der Waals surface area (Å²) < 4.78 is 33.4. The fraction of sp³-hybridized carbons (Fsp3) is 0.471. The summed E-state index contributed by atoms with van der Waals surface area (Å²) in [6.07, 6.45) is 3.78. The average molecular weight is 458 g/mol. The van der Waals surface area contributed by atoms with Crippen molar-refractivity contribution in [1.82, 2.24) is 14.5 Å². The van der Waals surface area contributed by atoms with E-state index in [2.05, 4.69) is 15.5 Å². The molecule has 2 heterocycles. The molecule has 3 rings (SSSR count). The monoisotopic (exact) mass is 457 g/mol. The molecule has 0 spiro atoms. The van der Waals surface area contributed by atoms with Crippen LogP contribution in [-0.4, -0.2) is 54.8 Å². The van der Waals surface area contributed by atoms with Crippen molar-refractivity contribution in [1.29, 1.82) is 0 Å². The molecule has 0 unspecified atom stereocenters. The van der Waals surface area contributed by atoms with Gasteiger partial charge in [0.05, 0.1) is 23.4 Å². The minimum atomic E-state index is -3.63. The van der Waals surface area contributed by atoms with Crippen LogP contribution in [0.1, 0.15) is 25.7 Å². The number of amides is 1. The van der Waals surface area contributed by atoms with Gasteiger partial charge in [0.15, 0.2) is 4.34 Å². The van der Waals surface area contributed by atoms with Gasteiger partial charge < -0.3 is 15.8 Å². The summed E-state index contributed by atoms with van der Waals surface area (Å²) in [5.41, 5.74) is 5.84. The number of carbonyl (C=O) groups excluding carboxylic acids is 1. The molecule has 2 aromatic rings. The quantitative estimate of drug-likeness (QED) is 0.607. The lowest BCUT2D eigenvalue weighted by Gasteiger charge is -2.21. The van der Waals surface area contributed by atoms with Crippen LogP contribution in [0.25, 0.3) is 0 Å². The minimum absolute atomic E-state index is 0.0842. The number of anilines is 2. The van der Waals surface area contributed by atoms with Crippen LogP contribution in [0.4, 0.5) is 10.8 Å². The molecule has 9 nitrogen and oxygen atoms in total. The van der Waals surface area contributed by atoms with Crippen LogP contribution in [0, 0.1) is 0 Å². The number of nitrogens with one attached hydrogen (secondary N) is 1. The molecule has 1 aromatic heterocycles. The highest BCUT2D eigenvalue weighted by Crippen LogP contribution is 2.30. The van der Waals surface area contributed by atoms with Gasteiger partial charge in [-0.3, -0.25) is 4.79 Å². The number of nitrogens with zero attached hydrogens (tertiary/aromatic N) is 3. The number of carbonyl (C=O) groups is 1. The maximum absolute atomic E-state index is 13.0. The van der Waals surface area contributed by atoms with Gasteiger partial charge in [-0.25, -0.2) is 8.42 Å². The first-order chi connectivity index (χ1) is 13.9. The summed E-state index contributed by atoms with van der Waals surface area (Å²) in [4.78, 5) is 12.5. The van der Waals surface area contributed by atoms with Crippen molar-refractivity contribution in [3.05, 3.63) is 18.2 Å². The van der Waals surface area contributed by atoms with Crippen molar-refractivity contribution in [2.45, 2.75) is 34.9 Å². The number of nitrogen functional groups attached to an aromatic ring is 1. The van der Waals surface area contributed by atoms with E-state index in [0.717, 1.165) is 25.7 Å². The van der Waals surface area contributed by atoms with Crippen molar-refractivity contribution < 1.29 is 17.9 Å². The molecule has 0 radical (unpaired) electrons. The second-order valence-corrected chi connectivity index (χ2v) is 10.6. The standard InChI is InChI=1S/C17H23N5O4S3/c1-26-14-7-6-12(29(24,25)22-8-4-2-3-5-9-22)10-13(14)19-15(23)11-27-17-21-20-16(18)28-17/h6-7,10H,2-5,8-9,11H2,1H3,(H2,18,20)(H,19,23). The van der Waals surface area contributed by atoms with Gasteiger partial charge in [-0.05, 0) is 31.0 Å². The molecule has 1 aromatic carbocycles. The number of methoxy groups -OCH3 is 1. The van der Waals surface area contributed by atoms with E-state index in [1.165, 1.54) is 46.6 Å². The number of nitrogens with two attached hydrogens (primary N) is 1. The smallest absolute Gasteiger partial charge is 0.243 e. The van der Waals surface area contributed by atoms with E-state index in [4.69, 9.17) is 10.5 Å². The van der Waals surface area contributed by atoms with E-state index in [1.54, 1.807) is 6.07 Å². The summed E-state index contributed by atoms with van der Waals surface area (Å²) in [5.74, 6) is 0.158. The number of thioether (sulfide) groups is 1. The third-order valence-electron chi connectivity index (χ3n) is 4.40. The molecule has 12 heteroatoms. The zero-order valence-electron chi connectivity index (χ0n) is 16.0. The van der Waals surface area contributed by atoms with E-state index in [9.17, 15) is 13.2 Å². The molecule has 0 bridgehead atoms. The van der Waals surface area contributed by atoms with Crippen LogP contribution >= 0.6 is 23.1 Å². The highest BCUT2D eigenvalue weighted by atomic mass is 32.2. The van der Waals surface area contributed by atoms with Crippen LogP contribution in [0.15, 0.2) is 27.4 Å². The van der Waals surface area contributed by atoms with Gasteiger partial charge in [0.25, 0.3) is 0 Å². The number of rotatable bonds is 7. The van der Waals surface area contributed by atoms with E-state index in [0.29, 0.717) is 34.0 Å². The van der Waals surface area contributed by atoms with E-state index >= 15 is 0 Å². The van der Waals surface area contributed by atoms with Gasteiger partial charge in [-0.2, -0.15) is 4.31 Å². The van der Waals surface area contributed by atoms with Crippen molar-refractivity contribution in [2.24, 2.45) is 0 Å². The summed E-state index contributed by atoms with van der Waals surface area (Å²) in [6.45, 7) is 1.02. The molecule has 0 aliphatic carbocycles. The Morgan fingerprint density at radius 3 is 2.62 bits per heavy atom. The highest BCUT2D eigenvalue weighted by Gasteiger charge is 2.26. The number of hydrogen-bond donors (Lipinski definition) is 2. The Kier molecular flexibility index (Phi) is 7.33. The summed E-state index contributed by atoms with van der Waals surface area (Å²) >= 11 is 2.40. The van der Waals surface area contributed by atoms with Crippen LogP contribution in [0.2, 0.25) is 0 Å². The first-order valence-electron chi connectivity index (χ1n) is 9.10. The molecular formula is C17H23N5O4S3. The molecule has 0 atom stereocenters. The van der Waals surface area contributed by atoms with Crippen LogP contribution in [-0.2, 0) is 14.8 Å². The van der Waals surface area contributed by atoms with Crippen molar-refractivity contribution in [3.63, 3.8) is 0 Å². The van der Waals surface area contributed by atoms with Crippen molar-refractivity contribution in [2.75, 3.05) is 37.0 Å². The van der Waals surface area contributed by atoms with Gasteiger partial charge >= 0.3 is 0 Å². The van der Waals surface area contributed by atoms with Crippen LogP contribution in [0.5, 0.6) is 5.75 Å². The Bertz CT molecular complexity index is 956. The topological polar surface area (TPSA) is 128 Å². The Balaban J connectivity index is 1.74. The molecule has 1 aliphatic heterocycles. The zero-order chi connectivity index (χ0) is 20.9.